The molecule has 2 N–H and O–H groups in total. The molecule has 26 heavy (non-hydrogen) atoms. The van der Waals surface area contributed by atoms with Crippen molar-refractivity contribution in [3.05, 3.63) is 30.3 Å². The van der Waals surface area contributed by atoms with Gasteiger partial charge in [0.1, 0.15) is 0 Å². The summed E-state index contributed by atoms with van der Waals surface area (Å²) >= 11 is 0. The van der Waals surface area contributed by atoms with Crippen molar-refractivity contribution in [1.29, 1.82) is 0 Å². The highest BCUT2D eigenvalue weighted by Crippen LogP contribution is 2.15. The summed E-state index contributed by atoms with van der Waals surface area (Å²) in [4.78, 5) is 20.9. The Morgan fingerprint density at radius 3 is 2.35 bits per heavy atom. The van der Waals surface area contributed by atoms with Gasteiger partial charge in [-0.05, 0) is 18.1 Å². The van der Waals surface area contributed by atoms with E-state index in [1.807, 2.05) is 11.0 Å². The molecule has 1 amide bonds. The number of guanidine groups is 1. The van der Waals surface area contributed by atoms with E-state index in [0.717, 1.165) is 38.7 Å². The number of benzene rings is 1. The van der Waals surface area contributed by atoms with E-state index < -0.39 is 0 Å². The van der Waals surface area contributed by atoms with E-state index in [2.05, 4.69) is 58.6 Å². The van der Waals surface area contributed by atoms with Crippen LogP contribution in [-0.2, 0) is 4.79 Å². The third-order valence-corrected chi connectivity index (χ3v) is 4.29. The summed E-state index contributed by atoms with van der Waals surface area (Å²) in [6.45, 7) is 9.13. The number of hydrogen-bond acceptors (Lipinski definition) is 3. The van der Waals surface area contributed by atoms with E-state index in [9.17, 15) is 4.79 Å². The van der Waals surface area contributed by atoms with Gasteiger partial charge in [0, 0.05) is 58.4 Å². The summed E-state index contributed by atoms with van der Waals surface area (Å²) in [5, 5.41) is 6.46. The van der Waals surface area contributed by atoms with Gasteiger partial charge in [0.25, 0.3) is 0 Å². The summed E-state index contributed by atoms with van der Waals surface area (Å²) in [6, 6.07) is 10.4. The number of anilines is 1. The number of carbonyl (C=O) groups excluding carboxylic acids is 1. The minimum Gasteiger partial charge on any atom is -0.368 e. The Kier molecular flexibility index (Phi) is 10.4. The SMILES string of the molecule is CN=C(NCCC(=O)N1CCN(c2ccccc2)CC1)NCC(C)C.I. The van der Waals surface area contributed by atoms with E-state index >= 15 is 0 Å². The minimum atomic E-state index is 0. The molecule has 1 aliphatic heterocycles. The quantitative estimate of drug-likeness (QED) is 0.378. The molecule has 1 fully saturated rings. The number of aliphatic imine (C=N–C) groups is 1. The van der Waals surface area contributed by atoms with Crippen LogP contribution in [0.25, 0.3) is 0 Å². The number of nitrogens with zero attached hydrogens (tertiary/aromatic N) is 3. The zero-order chi connectivity index (χ0) is 18.1. The van der Waals surface area contributed by atoms with Crippen molar-refractivity contribution in [2.75, 3.05) is 51.2 Å². The Bertz CT molecular complexity index is 556. The molecule has 2 rings (SSSR count). The first-order chi connectivity index (χ1) is 12.1. The number of carbonyl (C=O) groups is 1. The van der Waals surface area contributed by atoms with Gasteiger partial charge in [-0.25, -0.2) is 0 Å². The number of piperazine rings is 1. The molecule has 0 saturated carbocycles. The summed E-state index contributed by atoms with van der Waals surface area (Å²) < 4.78 is 0. The van der Waals surface area contributed by atoms with Crippen LogP contribution in [-0.4, -0.2) is 63.1 Å². The van der Waals surface area contributed by atoms with Crippen molar-refractivity contribution in [1.82, 2.24) is 15.5 Å². The summed E-state index contributed by atoms with van der Waals surface area (Å²) in [5.74, 6) is 1.52. The standard InChI is InChI=1S/C19H31N5O.HI/c1-16(2)15-22-19(20-3)21-10-9-18(25)24-13-11-23(12-14-24)17-7-5-4-6-8-17;/h4-8,16H,9-15H2,1-3H3,(H2,20,21,22);1H. The van der Waals surface area contributed by atoms with Gasteiger partial charge < -0.3 is 20.4 Å². The molecule has 6 nitrogen and oxygen atoms in total. The van der Waals surface area contributed by atoms with Crippen molar-refractivity contribution in [2.24, 2.45) is 10.9 Å². The fourth-order valence-corrected chi connectivity index (χ4v) is 2.82. The second-order valence-electron chi connectivity index (χ2n) is 6.73. The Hall–Kier alpha value is -1.51. The predicted octanol–water partition coefficient (Wildman–Crippen LogP) is 2.16. The highest BCUT2D eigenvalue weighted by molar-refractivity contribution is 14.0. The van der Waals surface area contributed by atoms with Gasteiger partial charge in [-0.2, -0.15) is 0 Å². The van der Waals surface area contributed by atoms with Crippen LogP contribution in [0.15, 0.2) is 35.3 Å². The van der Waals surface area contributed by atoms with Gasteiger partial charge in [0.2, 0.25) is 5.91 Å². The summed E-state index contributed by atoms with van der Waals surface area (Å²) in [6.07, 6.45) is 0.494. The van der Waals surface area contributed by atoms with Crippen LogP contribution in [0.2, 0.25) is 0 Å². The zero-order valence-corrected chi connectivity index (χ0v) is 18.4. The van der Waals surface area contributed by atoms with Gasteiger partial charge in [-0.15, -0.1) is 24.0 Å². The molecule has 0 aromatic heterocycles. The van der Waals surface area contributed by atoms with Crippen LogP contribution in [0.5, 0.6) is 0 Å². The van der Waals surface area contributed by atoms with Crippen LogP contribution >= 0.6 is 24.0 Å². The van der Waals surface area contributed by atoms with E-state index in [4.69, 9.17) is 0 Å². The van der Waals surface area contributed by atoms with Gasteiger partial charge in [0.05, 0.1) is 0 Å². The maximum atomic E-state index is 12.4. The Morgan fingerprint density at radius 1 is 1.12 bits per heavy atom. The van der Waals surface area contributed by atoms with Crippen LogP contribution < -0.4 is 15.5 Å². The molecule has 1 aromatic rings. The van der Waals surface area contributed by atoms with E-state index in [1.54, 1.807) is 7.05 Å². The Morgan fingerprint density at radius 2 is 1.77 bits per heavy atom. The molecule has 0 aliphatic carbocycles. The van der Waals surface area contributed by atoms with Gasteiger partial charge >= 0.3 is 0 Å². The van der Waals surface area contributed by atoms with Crippen molar-refractivity contribution >= 4 is 41.5 Å². The normalized spacial score (nSPS) is 14.8. The number of hydrogen-bond donors (Lipinski definition) is 2. The predicted molar refractivity (Wildman–Crippen MR) is 119 cm³/mol. The lowest BCUT2D eigenvalue weighted by molar-refractivity contribution is -0.131. The number of amides is 1. The highest BCUT2D eigenvalue weighted by atomic mass is 127. The lowest BCUT2D eigenvalue weighted by atomic mass is 10.2. The van der Waals surface area contributed by atoms with Crippen molar-refractivity contribution in [2.45, 2.75) is 20.3 Å². The molecule has 146 valence electrons. The van der Waals surface area contributed by atoms with Crippen LogP contribution in [0.4, 0.5) is 5.69 Å². The van der Waals surface area contributed by atoms with Crippen LogP contribution in [0, 0.1) is 5.92 Å². The molecule has 7 heteroatoms. The first-order valence-corrected chi connectivity index (χ1v) is 9.12. The topological polar surface area (TPSA) is 60.0 Å². The van der Waals surface area contributed by atoms with Gasteiger partial charge in [0.15, 0.2) is 5.96 Å². The monoisotopic (exact) mass is 473 g/mol. The fourth-order valence-electron chi connectivity index (χ4n) is 2.82. The Labute approximate surface area is 174 Å². The zero-order valence-electron chi connectivity index (χ0n) is 16.1. The molecule has 1 heterocycles. The molecule has 1 aliphatic rings. The maximum absolute atomic E-state index is 12.4. The average Bonchev–Trinajstić information content (AvgIpc) is 2.65. The maximum Gasteiger partial charge on any atom is 0.224 e. The molecule has 1 saturated heterocycles. The lowest BCUT2D eigenvalue weighted by Crippen LogP contribution is -2.49. The second-order valence-corrected chi connectivity index (χ2v) is 6.73. The van der Waals surface area contributed by atoms with Crippen molar-refractivity contribution in [3.63, 3.8) is 0 Å². The molecule has 0 spiro atoms. The van der Waals surface area contributed by atoms with Gasteiger partial charge in [-0.3, -0.25) is 9.79 Å². The molecule has 1 aromatic carbocycles. The van der Waals surface area contributed by atoms with Gasteiger partial charge in [-0.1, -0.05) is 32.0 Å². The average molecular weight is 473 g/mol. The largest absolute Gasteiger partial charge is 0.368 e. The summed E-state index contributed by atoms with van der Waals surface area (Å²) in [7, 11) is 1.75. The molecule has 0 radical (unpaired) electrons. The minimum absolute atomic E-state index is 0. The first kappa shape index (κ1) is 22.5. The van der Waals surface area contributed by atoms with E-state index in [-0.39, 0.29) is 29.9 Å². The van der Waals surface area contributed by atoms with E-state index in [1.165, 1.54) is 5.69 Å². The van der Waals surface area contributed by atoms with Crippen LogP contribution in [0.3, 0.4) is 0 Å². The smallest absolute Gasteiger partial charge is 0.224 e. The van der Waals surface area contributed by atoms with Crippen LogP contribution in [0.1, 0.15) is 20.3 Å². The fraction of sp³-hybridized carbons (Fsp3) is 0.579. The number of rotatable bonds is 6. The number of halogens is 1. The van der Waals surface area contributed by atoms with Crippen molar-refractivity contribution < 1.29 is 4.79 Å². The second kappa shape index (κ2) is 12.0. The lowest BCUT2D eigenvalue weighted by Gasteiger charge is -2.36. The van der Waals surface area contributed by atoms with E-state index in [0.29, 0.717) is 18.9 Å². The molecular weight excluding hydrogens is 441 g/mol. The number of nitrogens with one attached hydrogen (secondary N) is 2. The molecular formula is C19H32IN5O. The Balaban J connectivity index is 0.00000338. The third kappa shape index (κ3) is 7.39. The van der Waals surface area contributed by atoms with Crippen molar-refractivity contribution in [3.8, 4) is 0 Å². The molecule has 0 bridgehead atoms. The highest BCUT2D eigenvalue weighted by Gasteiger charge is 2.20. The third-order valence-electron chi connectivity index (χ3n) is 4.29. The first-order valence-electron chi connectivity index (χ1n) is 9.12. The number of para-hydroxylation sites is 1. The molecule has 0 unspecified atom stereocenters. The summed E-state index contributed by atoms with van der Waals surface area (Å²) in [5.41, 5.74) is 1.23. The molecule has 0 atom stereocenters.